The number of rotatable bonds is 4. The van der Waals surface area contributed by atoms with E-state index in [1.165, 1.54) is 0 Å². The molecule has 2 aromatic rings. The van der Waals surface area contributed by atoms with Gasteiger partial charge in [-0.3, -0.25) is 0 Å². The molecule has 0 fully saturated rings. The molecule has 0 aliphatic rings. The van der Waals surface area contributed by atoms with Crippen molar-refractivity contribution in [2.45, 2.75) is 20.0 Å². The van der Waals surface area contributed by atoms with Gasteiger partial charge in [0.1, 0.15) is 11.4 Å². The second kappa shape index (κ2) is 6.24. The molecule has 0 spiro atoms. The summed E-state index contributed by atoms with van der Waals surface area (Å²) in [6, 6.07) is 9.60. The maximum Gasteiger partial charge on any atom is 0.274 e. The lowest BCUT2D eigenvalue weighted by Gasteiger charge is -2.10. The van der Waals surface area contributed by atoms with Gasteiger partial charge in [-0.1, -0.05) is 12.1 Å². The summed E-state index contributed by atoms with van der Waals surface area (Å²) in [6.07, 6.45) is 3.39. The van der Waals surface area contributed by atoms with Crippen molar-refractivity contribution in [3.63, 3.8) is 0 Å². The maximum absolute atomic E-state index is 5.80. The Labute approximate surface area is 114 Å². The highest BCUT2D eigenvalue weighted by Gasteiger charge is 2.04. The van der Waals surface area contributed by atoms with Gasteiger partial charge in [0.05, 0.1) is 6.21 Å². The number of nitrogens with zero attached hydrogens (tertiary/aromatic N) is 3. The second-order valence-corrected chi connectivity index (χ2v) is 6.31. The van der Waals surface area contributed by atoms with Crippen molar-refractivity contribution in [2.24, 2.45) is 4.99 Å². The van der Waals surface area contributed by atoms with Crippen LogP contribution in [0.5, 0.6) is 5.75 Å². The molecule has 5 heteroatoms. The largest absolute Gasteiger partial charge is 0.541 e. The summed E-state index contributed by atoms with van der Waals surface area (Å²) in [6.45, 7) is 6.11. The molecule has 0 N–H and O–H groups in total. The van der Waals surface area contributed by atoms with E-state index in [4.69, 9.17) is 4.43 Å². The summed E-state index contributed by atoms with van der Waals surface area (Å²) >= 11 is 0. The zero-order chi connectivity index (χ0) is 13.7. The van der Waals surface area contributed by atoms with Crippen molar-refractivity contribution in [1.82, 2.24) is 9.97 Å². The van der Waals surface area contributed by atoms with E-state index in [-0.39, 0.29) is 0 Å². The first-order valence-corrected chi connectivity index (χ1v) is 8.47. The molecule has 0 aliphatic carbocycles. The molecule has 2 rings (SSSR count). The van der Waals surface area contributed by atoms with Gasteiger partial charge >= 0.3 is 0 Å². The summed E-state index contributed by atoms with van der Waals surface area (Å²) in [5.74, 6) is 1.42. The molecule has 0 amide bonds. The van der Waals surface area contributed by atoms with Crippen LogP contribution in [0.2, 0.25) is 13.1 Å². The molecule has 19 heavy (non-hydrogen) atoms. The lowest BCUT2D eigenvalue weighted by Crippen LogP contribution is -2.11. The highest BCUT2D eigenvalue weighted by Crippen LogP contribution is 2.27. The number of hydrogen-bond donors (Lipinski definition) is 0. The fourth-order valence-electron chi connectivity index (χ4n) is 1.53. The van der Waals surface area contributed by atoms with E-state index >= 15 is 0 Å². The molecule has 97 valence electrons. The zero-order valence-corrected chi connectivity index (χ0v) is 12.3. The average Bonchev–Trinajstić information content (AvgIpc) is 2.37. The smallest absolute Gasteiger partial charge is 0.274 e. The van der Waals surface area contributed by atoms with Crippen molar-refractivity contribution in [3.8, 4) is 5.75 Å². The zero-order valence-electron chi connectivity index (χ0n) is 11.3. The van der Waals surface area contributed by atoms with Crippen LogP contribution in [-0.4, -0.2) is 25.2 Å². The minimum Gasteiger partial charge on any atom is -0.541 e. The van der Waals surface area contributed by atoms with Crippen LogP contribution >= 0.6 is 0 Å². The van der Waals surface area contributed by atoms with E-state index in [0.29, 0.717) is 5.82 Å². The Morgan fingerprint density at radius 3 is 2.74 bits per heavy atom. The molecule has 1 heterocycles. The predicted molar refractivity (Wildman–Crippen MR) is 78.6 cm³/mol. The molecule has 4 nitrogen and oxygen atoms in total. The molecule has 0 saturated heterocycles. The van der Waals surface area contributed by atoms with E-state index in [1.54, 1.807) is 12.4 Å². The van der Waals surface area contributed by atoms with Gasteiger partial charge in [0.15, 0.2) is 5.82 Å². The third kappa shape index (κ3) is 3.99. The van der Waals surface area contributed by atoms with E-state index in [1.807, 2.05) is 37.3 Å². The van der Waals surface area contributed by atoms with Gasteiger partial charge in [-0.15, -0.1) is 0 Å². The lowest BCUT2D eigenvalue weighted by molar-refractivity contribution is 0.582. The maximum atomic E-state index is 5.80. The average molecular weight is 270 g/mol. The molecule has 0 unspecified atom stereocenters. The first-order valence-electron chi connectivity index (χ1n) is 6.06. The fourth-order valence-corrected chi connectivity index (χ4v) is 2.14. The Bertz CT molecular complexity index is 584. The predicted octanol–water partition coefficient (Wildman–Crippen LogP) is 3.17. The van der Waals surface area contributed by atoms with E-state index < -0.39 is 9.04 Å². The third-order valence-electron chi connectivity index (χ3n) is 2.31. The van der Waals surface area contributed by atoms with Crippen LogP contribution in [0.4, 0.5) is 5.69 Å². The number of aryl methyl sites for hydroxylation is 1. The topological polar surface area (TPSA) is 47.4 Å². The number of aliphatic imine (C=N–C) groups is 1. The van der Waals surface area contributed by atoms with Crippen molar-refractivity contribution in [3.05, 3.63) is 48.0 Å². The van der Waals surface area contributed by atoms with Crippen LogP contribution in [-0.2, 0) is 0 Å². The van der Waals surface area contributed by atoms with E-state index in [9.17, 15) is 0 Å². The highest BCUT2D eigenvalue weighted by atomic mass is 28.3. The van der Waals surface area contributed by atoms with Crippen molar-refractivity contribution in [1.29, 1.82) is 0 Å². The molecular weight excluding hydrogens is 254 g/mol. The molecule has 0 bridgehead atoms. The fraction of sp³-hybridized carbons (Fsp3) is 0.214. The van der Waals surface area contributed by atoms with Crippen molar-refractivity contribution < 1.29 is 4.43 Å². The van der Waals surface area contributed by atoms with Crippen LogP contribution in [0.1, 0.15) is 11.5 Å². The minimum atomic E-state index is -0.803. The van der Waals surface area contributed by atoms with Gasteiger partial charge < -0.3 is 4.43 Å². The molecule has 1 aromatic heterocycles. The standard InChI is InChI=1S/C14H16N3OSi/c1-11-8-9-15-14(17-11)10-16-12-6-4-5-7-13(12)18-19(2)3/h4-10H,1-3H3. The summed E-state index contributed by atoms with van der Waals surface area (Å²) in [5.41, 5.74) is 1.73. The Balaban J connectivity index is 2.23. The number of hydrogen-bond acceptors (Lipinski definition) is 4. The van der Waals surface area contributed by atoms with Gasteiger partial charge in [0.25, 0.3) is 9.04 Å². The van der Waals surface area contributed by atoms with Crippen molar-refractivity contribution in [2.75, 3.05) is 0 Å². The van der Waals surface area contributed by atoms with Crippen molar-refractivity contribution >= 4 is 20.9 Å². The summed E-state index contributed by atoms with van der Waals surface area (Å²) in [7, 11) is -0.803. The first kappa shape index (κ1) is 13.4. The first-order chi connectivity index (χ1) is 9.15. The van der Waals surface area contributed by atoms with Gasteiger partial charge in [0, 0.05) is 11.9 Å². The van der Waals surface area contributed by atoms with Crippen LogP contribution in [0, 0.1) is 6.92 Å². The van der Waals surface area contributed by atoms with Crippen LogP contribution < -0.4 is 4.43 Å². The lowest BCUT2D eigenvalue weighted by atomic mass is 10.3. The number of para-hydroxylation sites is 2. The molecule has 0 saturated carbocycles. The third-order valence-corrected chi connectivity index (χ3v) is 2.94. The normalized spacial score (nSPS) is 11.2. The van der Waals surface area contributed by atoms with Gasteiger partial charge in [-0.25, -0.2) is 15.0 Å². The van der Waals surface area contributed by atoms with Crippen LogP contribution in [0.3, 0.4) is 0 Å². The Morgan fingerprint density at radius 1 is 1.21 bits per heavy atom. The highest BCUT2D eigenvalue weighted by molar-refractivity contribution is 6.49. The van der Waals surface area contributed by atoms with E-state index in [2.05, 4.69) is 28.1 Å². The quantitative estimate of drug-likeness (QED) is 0.633. The Hall–Kier alpha value is -2.01. The van der Waals surface area contributed by atoms with E-state index in [0.717, 1.165) is 17.1 Å². The van der Waals surface area contributed by atoms with Gasteiger partial charge in [-0.05, 0) is 38.2 Å². The number of benzene rings is 1. The molecule has 0 atom stereocenters. The van der Waals surface area contributed by atoms with Crippen LogP contribution in [0.15, 0.2) is 41.5 Å². The molecule has 1 aromatic carbocycles. The molecular formula is C14H16N3OSi. The van der Waals surface area contributed by atoms with Gasteiger partial charge in [-0.2, -0.15) is 0 Å². The molecule has 0 aliphatic heterocycles. The minimum absolute atomic E-state index is 0.605. The van der Waals surface area contributed by atoms with Crippen LogP contribution in [0.25, 0.3) is 0 Å². The monoisotopic (exact) mass is 270 g/mol. The SMILES string of the molecule is Cc1ccnc(C=Nc2ccccc2O[Si](C)C)n1. The molecule has 1 radical (unpaired) electrons. The second-order valence-electron chi connectivity index (χ2n) is 4.29. The summed E-state index contributed by atoms with van der Waals surface area (Å²) in [5, 5.41) is 0. The summed E-state index contributed by atoms with van der Waals surface area (Å²) < 4.78 is 5.80. The number of aromatic nitrogens is 2. The Morgan fingerprint density at radius 2 is 2.00 bits per heavy atom. The van der Waals surface area contributed by atoms with Gasteiger partial charge in [0.2, 0.25) is 0 Å². The summed E-state index contributed by atoms with van der Waals surface area (Å²) in [4.78, 5) is 12.8. The Kier molecular flexibility index (Phi) is 4.41.